The number of hydrogen-bond donors (Lipinski definition) is 0. The zero-order valence-corrected chi connectivity index (χ0v) is 13.7. The van der Waals surface area contributed by atoms with Gasteiger partial charge in [0, 0.05) is 38.2 Å². The Morgan fingerprint density at radius 1 is 1.14 bits per heavy atom. The molecule has 1 saturated heterocycles. The van der Waals surface area contributed by atoms with Gasteiger partial charge in [-0.25, -0.2) is 0 Å². The summed E-state index contributed by atoms with van der Waals surface area (Å²) in [6.45, 7) is 6.53. The van der Waals surface area contributed by atoms with Crippen molar-refractivity contribution in [2.45, 2.75) is 20.3 Å². The van der Waals surface area contributed by atoms with Gasteiger partial charge in [0.05, 0.1) is 11.6 Å². The zero-order chi connectivity index (χ0) is 16.1. The molecule has 0 spiro atoms. The number of carbonyl (C=O) groups excluding carboxylic acids is 2. The second-order valence-corrected chi connectivity index (χ2v) is 5.51. The van der Waals surface area contributed by atoms with E-state index in [0.29, 0.717) is 55.5 Å². The van der Waals surface area contributed by atoms with Crippen molar-refractivity contribution in [2.75, 3.05) is 32.8 Å². The molecule has 2 amide bonds. The lowest BCUT2D eigenvalue weighted by Crippen LogP contribution is -2.50. The van der Waals surface area contributed by atoms with Crippen molar-refractivity contribution < 1.29 is 14.3 Å². The molecular formula is C16H21ClN2O3. The topological polar surface area (TPSA) is 49.9 Å². The summed E-state index contributed by atoms with van der Waals surface area (Å²) < 4.78 is 5.37. The zero-order valence-electron chi connectivity index (χ0n) is 13.0. The molecule has 1 fully saturated rings. The molecule has 0 aromatic heterocycles. The molecule has 0 N–H and O–H groups in total. The lowest BCUT2D eigenvalue weighted by molar-refractivity contribution is -0.132. The Morgan fingerprint density at radius 3 is 2.32 bits per heavy atom. The van der Waals surface area contributed by atoms with Crippen LogP contribution in [0.3, 0.4) is 0 Å². The molecule has 0 radical (unpaired) electrons. The molecule has 1 aliphatic rings. The molecular weight excluding hydrogens is 304 g/mol. The highest BCUT2D eigenvalue weighted by atomic mass is 35.5. The van der Waals surface area contributed by atoms with Gasteiger partial charge >= 0.3 is 0 Å². The van der Waals surface area contributed by atoms with E-state index in [9.17, 15) is 9.59 Å². The predicted molar refractivity (Wildman–Crippen MR) is 85.4 cm³/mol. The number of piperazine rings is 1. The lowest BCUT2D eigenvalue weighted by Gasteiger charge is -2.34. The van der Waals surface area contributed by atoms with Crippen LogP contribution in [0.4, 0.5) is 0 Å². The third kappa shape index (κ3) is 3.71. The van der Waals surface area contributed by atoms with Crippen LogP contribution in [0.25, 0.3) is 0 Å². The SMILES string of the molecule is CCOc1ccc(C(=O)N2CCN(C(=O)CC)CC2)cc1Cl. The van der Waals surface area contributed by atoms with Crippen molar-refractivity contribution in [3.05, 3.63) is 28.8 Å². The van der Waals surface area contributed by atoms with Crippen LogP contribution in [0.5, 0.6) is 5.75 Å². The molecule has 1 aliphatic heterocycles. The Kier molecular flexibility index (Phi) is 5.66. The van der Waals surface area contributed by atoms with E-state index in [2.05, 4.69) is 0 Å². The lowest BCUT2D eigenvalue weighted by atomic mass is 10.1. The molecule has 0 aliphatic carbocycles. The molecule has 1 aromatic rings. The van der Waals surface area contributed by atoms with Crippen molar-refractivity contribution in [2.24, 2.45) is 0 Å². The Bertz CT molecular complexity index is 554. The van der Waals surface area contributed by atoms with E-state index in [1.807, 2.05) is 13.8 Å². The molecule has 1 heterocycles. The summed E-state index contributed by atoms with van der Waals surface area (Å²) >= 11 is 6.13. The van der Waals surface area contributed by atoms with E-state index in [1.165, 1.54) is 0 Å². The number of halogens is 1. The normalized spacial score (nSPS) is 14.9. The minimum atomic E-state index is -0.0615. The molecule has 120 valence electrons. The van der Waals surface area contributed by atoms with E-state index >= 15 is 0 Å². The number of carbonyl (C=O) groups is 2. The first-order chi connectivity index (χ1) is 10.6. The Hall–Kier alpha value is -1.75. The summed E-state index contributed by atoms with van der Waals surface area (Å²) in [5, 5.41) is 0.437. The van der Waals surface area contributed by atoms with Crippen LogP contribution in [0, 0.1) is 0 Å². The van der Waals surface area contributed by atoms with Crippen LogP contribution in [0.2, 0.25) is 5.02 Å². The van der Waals surface area contributed by atoms with Gasteiger partial charge in [0.15, 0.2) is 0 Å². The average molecular weight is 325 g/mol. The minimum absolute atomic E-state index is 0.0615. The van der Waals surface area contributed by atoms with Crippen molar-refractivity contribution in [3.8, 4) is 5.75 Å². The smallest absolute Gasteiger partial charge is 0.254 e. The molecule has 1 aromatic carbocycles. The first-order valence-corrected chi connectivity index (χ1v) is 7.94. The highest BCUT2D eigenvalue weighted by Crippen LogP contribution is 2.26. The second-order valence-electron chi connectivity index (χ2n) is 5.10. The molecule has 0 bridgehead atoms. The van der Waals surface area contributed by atoms with E-state index in [1.54, 1.807) is 28.0 Å². The van der Waals surface area contributed by atoms with Gasteiger partial charge in [0.2, 0.25) is 5.91 Å². The molecule has 5 nitrogen and oxygen atoms in total. The van der Waals surface area contributed by atoms with E-state index in [0.717, 1.165) is 0 Å². The summed E-state index contributed by atoms with van der Waals surface area (Å²) in [5.41, 5.74) is 0.545. The van der Waals surface area contributed by atoms with Crippen molar-refractivity contribution >= 4 is 23.4 Å². The molecule has 0 saturated carbocycles. The highest BCUT2D eigenvalue weighted by Gasteiger charge is 2.24. The van der Waals surface area contributed by atoms with Crippen LogP contribution >= 0.6 is 11.6 Å². The third-order valence-electron chi connectivity index (χ3n) is 3.70. The standard InChI is InChI=1S/C16H21ClN2O3/c1-3-15(20)18-7-9-19(10-8-18)16(21)12-5-6-14(22-4-2)13(17)11-12/h5-6,11H,3-4,7-10H2,1-2H3. The maximum Gasteiger partial charge on any atom is 0.254 e. The summed E-state index contributed by atoms with van der Waals surface area (Å²) in [6, 6.07) is 5.08. The van der Waals surface area contributed by atoms with Gasteiger partial charge < -0.3 is 14.5 Å². The van der Waals surface area contributed by atoms with Gasteiger partial charge in [-0.3, -0.25) is 9.59 Å². The fourth-order valence-electron chi connectivity index (χ4n) is 2.47. The summed E-state index contributed by atoms with van der Waals surface area (Å²) in [7, 11) is 0. The van der Waals surface area contributed by atoms with Crippen LogP contribution < -0.4 is 4.74 Å². The number of benzene rings is 1. The monoisotopic (exact) mass is 324 g/mol. The van der Waals surface area contributed by atoms with Crippen LogP contribution in [0.15, 0.2) is 18.2 Å². The van der Waals surface area contributed by atoms with E-state index in [-0.39, 0.29) is 11.8 Å². The summed E-state index contributed by atoms with van der Waals surface area (Å²) in [6.07, 6.45) is 0.502. The number of nitrogens with zero attached hydrogens (tertiary/aromatic N) is 2. The molecule has 2 rings (SSSR count). The fraction of sp³-hybridized carbons (Fsp3) is 0.500. The minimum Gasteiger partial charge on any atom is -0.492 e. The summed E-state index contributed by atoms with van der Waals surface area (Å²) in [5.74, 6) is 0.656. The number of amides is 2. The second kappa shape index (κ2) is 7.49. The third-order valence-corrected chi connectivity index (χ3v) is 4.00. The van der Waals surface area contributed by atoms with E-state index < -0.39 is 0 Å². The van der Waals surface area contributed by atoms with Crippen LogP contribution in [0.1, 0.15) is 30.6 Å². The highest BCUT2D eigenvalue weighted by molar-refractivity contribution is 6.32. The maximum absolute atomic E-state index is 12.5. The summed E-state index contributed by atoms with van der Waals surface area (Å²) in [4.78, 5) is 27.7. The van der Waals surface area contributed by atoms with Crippen LogP contribution in [-0.4, -0.2) is 54.4 Å². The first-order valence-electron chi connectivity index (χ1n) is 7.56. The molecule has 0 atom stereocenters. The van der Waals surface area contributed by atoms with Gasteiger partial charge in [-0.05, 0) is 25.1 Å². The number of rotatable bonds is 4. The van der Waals surface area contributed by atoms with Gasteiger partial charge in [0.25, 0.3) is 5.91 Å². The molecule has 0 unspecified atom stereocenters. The molecule has 6 heteroatoms. The first kappa shape index (κ1) is 16.6. The van der Waals surface area contributed by atoms with Crippen molar-refractivity contribution in [1.29, 1.82) is 0 Å². The fourth-order valence-corrected chi connectivity index (χ4v) is 2.71. The Balaban J connectivity index is 2.01. The molecule has 22 heavy (non-hydrogen) atoms. The van der Waals surface area contributed by atoms with Gasteiger partial charge in [-0.2, -0.15) is 0 Å². The van der Waals surface area contributed by atoms with Crippen molar-refractivity contribution in [3.63, 3.8) is 0 Å². The quantitative estimate of drug-likeness (QED) is 0.854. The largest absolute Gasteiger partial charge is 0.492 e. The maximum atomic E-state index is 12.5. The number of hydrogen-bond acceptors (Lipinski definition) is 3. The Morgan fingerprint density at radius 2 is 1.77 bits per heavy atom. The average Bonchev–Trinajstić information content (AvgIpc) is 2.55. The predicted octanol–water partition coefficient (Wildman–Crippen LogP) is 2.43. The van der Waals surface area contributed by atoms with E-state index in [4.69, 9.17) is 16.3 Å². The Labute approximate surface area is 135 Å². The van der Waals surface area contributed by atoms with Crippen LogP contribution in [-0.2, 0) is 4.79 Å². The van der Waals surface area contributed by atoms with Gasteiger partial charge in [-0.1, -0.05) is 18.5 Å². The van der Waals surface area contributed by atoms with Gasteiger partial charge in [-0.15, -0.1) is 0 Å². The van der Waals surface area contributed by atoms with Crippen molar-refractivity contribution in [1.82, 2.24) is 9.80 Å². The van der Waals surface area contributed by atoms with Gasteiger partial charge in [0.1, 0.15) is 5.75 Å². The number of ether oxygens (including phenoxy) is 1.